The van der Waals surface area contributed by atoms with Crippen molar-refractivity contribution < 1.29 is 27.2 Å². The zero-order valence-corrected chi connectivity index (χ0v) is 18.3. The number of likely N-dealkylation sites (N-methyl/N-ethyl adjacent to an activating group) is 1. The van der Waals surface area contributed by atoms with E-state index in [4.69, 9.17) is 6.57 Å². The molecule has 2 aliphatic rings. The Labute approximate surface area is 193 Å². The number of hydrogen-bond acceptors (Lipinski definition) is 2. The van der Waals surface area contributed by atoms with Crippen LogP contribution in [-0.4, -0.2) is 43.0 Å². The van der Waals surface area contributed by atoms with Crippen LogP contribution in [-0.2, 0) is 6.18 Å². The molecule has 0 spiro atoms. The highest BCUT2D eigenvalue weighted by Gasteiger charge is 2.46. The first kappa shape index (κ1) is 23.3. The highest BCUT2D eigenvalue weighted by atomic mass is 19.4. The van der Waals surface area contributed by atoms with Crippen molar-refractivity contribution in [3.63, 3.8) is 0 Å². The monoisotopic (exact) mass is 472 g/mol. The van der Waals surface area contributed by atoms with Crippen LogP contribution in [0.25, 0.3) is 10.4 Å². The molecule has 2 atom stereocenters. The minimum absolute atomic E-state index is 0.0712. The molecule has 2 aromatic rings. The van der Waals surface area contributed by atoms with Gasteiger partial charge < -0.3 is 10.2 Å². The Kier molecular flexibility index (Phi) is 5.81. The Morgan fingerprint density at radius 2 is 1.94 bits per heavy atom. The van der Waals surface area contributed by atoms with E-state index in [1.807, 2.05) is 6.08 Å². The summed E-state index contributed by atoms with van der Waals surface area (Å²) >= 11 is 0. The van der Waals surface area contributed by atoms with E-state index < -0.39 is 47.3 Å². The number of nitrogens with zero attached hydrogens (tertiary/aromatic N) is 3. The van der Waals surface area contributed by atoms with Crippen molar-refractivity contribution in [2.45, 2.75) is 31.1 Å². The van der Waals surface area contributed by atoms with E-state index in [0.717, 1.165) is 17.7 Å². The van der Waals surface area contributed by atoms with Gasteiger partial charge in [0, 0.05) is 19.8 Å². The number of halogens is 4. The van der Waals surface area contributed by atoms with Gasteiger partial charge in [0.15, 0.2) is 5.69 Å². The fraction of sp³-hybridized carbons (Fsp3) is 0.292. The van der Waals surface area contributed by atoms with Crippen LogP contribution < -0.4 is 10.2 Å². The van der Waals surface area contributed by atoms with Crippen LogP contribution in [0, 0.1) is 12.4 Å². The van der Waals surface area contributed by atoms with Gasteiger partial charge in [-0.2, -0.15) is 13.2 Å². The normalized spacial score (nSPS) is 20.0. The zero-order chi connectivity index (χ0) is 24.8. The van der Waals surface area contributed by atoms with Crippen LogP contribution in [0.3, 0.4) is 0 Å². The predicted molar refractivity (Wildman–Crippen MR) is 118 cm³/mol. The molecule has 1 N–H and O–H groups in total. The van der Waals surface area contributed by atoms with E-state index in [0.29, 0.717) is 18.4 Å². The number of amides is 3. The number of carbonyl (C=O) groups is 2. The zero-order valence-electron chi connectivity index (χ0n) is 18.3. The van der Waals surface area contributed by atoms with Gasteiger partial charge in [-0.1, -0.05) is 18.2 Å². The molecule has 1 heterocycles. The summed E-state index contributed by atoms with van der Waals surface area (Å²) in [4.78, 5) is 30.5. The van der Waals surface area contributed by atoms with Crippen molar-refractivity contribution >= 4 is 28.9 Å². The van der Waals surface area contributed by atoms with Gasteiger partial charge in [0.2, 0.25) is 0 Å². The fourth-order valence-electron chi connectivity index (χ4n) is 4.54. The summed E-state index contributed by atoms with van der Waals surface area (Å²) in [6.07, 6.45) is -2.01. The van der Waals surface area contributed by atoms with Gasteiger partial charge in [-0.25, -0.2) is 14.0 Å². The number of nitrogens with one attached hydrogen (secondary N) is 1. The maximum atomic E-state index is 14.5. The first-order valence-electron chi connectivity index (χ1n) is 10.4. The molecule has 1 aliphatic carbocycles. The van der Waals surface area contributed by atoms with Crippen LogP contribution in [0.5, 0.6) is 0 Å². The van der Waals surface area contributed by atoms with Gasteiger partial charge in [-0.05, 0) is 48.2 Å². The molecule has 0 aromatic heterocycles. The Balaban J connectivity index is 1.68. The molecule has 0 saturated carbocycles. The number of hydrogen-bond donors (Lipinski definition) is 1. The number of alkyl halides is 3. The summed E-state index contributed by atoms with van der Waals surface area (Å²) in [5.74, 6) is -1.21. The van der Waals surface area contributed by atoms with Crippen molar-refractivity contribution in [3.8, 4) is 0 Å². The van der Waals surface area contributed by atoms with Crippen molar-refractivity contribution in [2.75, 3.05) is 19.0 Å². The van der Waals surface area contributed by atoms with Gasteiger partial charge >= 0.3 is 12.2 Å². The van der Waals surface area contributed by atoms with Gasteiger partial charge in [-0.3, -0.25) is 9.69 Å². The van der Waals surface area contributed by atoms with E-state index >= 15 is 0 Å². The van der Waals surface area contributed by atoms with E-state index in [2.05, 4.69) is 10.2 Å². The first-order valence-corrected chi connectivity index (χ1v) is 10.4. The highest BCUT2D eigenvalue weighted by molar-refractivity contribution is 5.97. The molecule has 6 nitrogen and oxygen atoms in total. The third kappa shape index (κ3) is 3.87. The molecule has 0 bridgehead atoms. The molecule has 1 saturated heterocycles. The summed E-state index contributed by atoms with van der Waals surface area (Å²) in [7, 11) is 2.97. The summed E-state index contributed by atoms with van der Waals surface area (Å²) in [5.41, 5.74) is -0.267. The molecule has 34 heavy (non-hydrogen) atoms. The highest BCUT2D eigenvalue weighted by Crippen LogP contribution is 2.42. The third-order valence-corrected chi connectivity index (χ3v) is 6.26. The average molecular weight is 472 g/mol. The van der Waals surface area contributed by atoms with Crippen LogP contribution in [0.15, 0.2) is 42.5 Å². The number of allylic oxidation sites excluding steroid dienone is 1. The van der Waals surface area contributed by atoms with Crippen LogP contribution in [0.4, 0.5) is 33.7 Å². The number of rotatable bonds is 3. The summed E-state index contributed by atoms with van der Waals surface area (Å²) in [5, 5.41) is 2.37. The molecule has 1 aliphatic heterocycles. The van der Waals surface area contributed by atoms with Gasteiger partial charge in [0.1, 0.15) is 5.82 Å². The standard InChI is InChI=1S/C24H20F4N4O2/c1-29-19-8-6-15(12-17(19)24(26,27)28)32-20-9-5-14(11-21(20)31(3)23(32)34)13-4-7-16(18(25)10-13)22(33)30-2/h4,6-8,10-12,20-21H,5,9H2,2-3H3,(H,30,33)/t20-,21+/m1/s1. The molecular weight excluding hydrogens is 452 g/mol. The molecule has 10 heteroatoms. The molecule has 4 rings (SSSR count). The van der Waals surface area contributed by atoms with Crippen molar-refractivity contribution in [1.82, 2.24) is 10.2 Å². The molecule has 1 fully saturated rings. The minimum Gasteiger partial charge on any atom is -0.355 e. The summed E-state index contributed by atoms with van der Waals surface area (Å²) < 4.78 is 54.8. The molecule has 0 radical (unpaired) electrons. The lowest BCUT2D eigenvalue weighted by Crippen LogP contribution is -2.38. The van der Waals surface area contributed by atoms with E-state index in [1.165, 1.54) is 35.0 Å². The quantitative estimate of drug-likeness (QED) is 0.491. The number of fused-ring (bicyclic) bond motifs is 1. The summed E-state index contributed by atoms with van der Waals surface area (Å²) in [6, 6.07) is 6.24. The number of anilines is 1. The Bertz CT molecular complexity index is 1250. The van der Waals surface area contributed by atoms with Gasteiger partial charge in [0.05, 0.1) is 29.8 Å². The fourth-order valence-corrected chi connectivity index (χ4v) is 4.54. The van der Waals surface area contributed by atoms with Crippen molar-refractivity contribution in [3.05, 3.63) is 76.4 Å². The van der Waals surface area contributed by atoms with E-state index in [9.17, 15) is 27.2 Å². The molecule has 3 amide bonds. The van der Waals surface area contributed by atoms with E-state index in [1.54, 1.807) is 13.1 Å². The lowest BCUT2D eigenvalue weighted by molar-refractivity contribution is -0.136. The smallest absolute Gasteiger partial charge is 0.355 e. The second kappa shape index (κ2) is 8.48. The number of benzene rings is 2. The minimum atomic E-state index is -4.73. The SMILES string of the molecule is [C-]#[N+]c1ccc(N2C(=O)N(C)[C@H]3C=C(c4ccc(C(=O)NC)c(F)c4)CC[C@H]32)cc1C(F)(F)F. The second-order valence-corrected chi connectivity index (χ2v) is 8.14. The average Bonchev–Trinajstić information content (AvgIpc) is 3.07. The first-order chi connectivity index (χ1) is 16.1. The van der Waals surface area contributed by atoms with Crippen LogP contribution in [0.2, 0.25) is 0 Å². The molecular formula is C24H20F4N4O2. The summed E-state index contributed by atoms with van der Waals surface area (Å²) in [6.45, 7) is 7.01. The van der Waals surface area contributed by atoms with Crippen LogP contribution in [0.1, 0.15) is 34.3 Å². The maximum absolute atomic E-state index is 14.5. The van der Waals surface area contributed by atoms with Crippen molar-refractivity contribution in [1.29, 1.82) is 0 Å². The van der Waals surface area contributed by atoms with Crippen LogP contribution >= 0.6 is 0 Å². The third-order valence-electron chi connectivity index (χ3n) is 6.26. The number of urea groups is 1. The van der Waals surface area contributed by atoms with Gasteiger partial charge in [0.25, 0.3) is 5.91 Å². The Morgan fingerprint density at radius 1 is 1.21 bits per heavy atom. The lowest BCUT2D eigenvalue weighted by atomic mass is 9.87. The Hall–Kier alpha value is -3.87. The van der Waals surface area contributed by atoms with Gasteiger partial charge in [-0.15, -0.1) is 0 Å². The Morgan fingerprint density at radius 3 is 2.56 bits per heavy atom. The molecule has 0 unspecified atom stereocenters. The van der Waals surface area contributed by atoms with Crippen molar-refractivity contribution in [2.24, 2.45) is 0 Å². The maximum Gasteiger partial charge on any atom is 0.407 e. The molecule has 2 aromatic carbocycles. The van der Waals surface area contributed by atoms with E-state index in [-0.39, 0.29) is 11.3 Å². The molecule has 176 valence electrons. The second-order valence-electron chi connectivity index (χ2n) is 8.14. The lowest BCUT2D eigenvalue weighted by Gasteiger charge is -2.30. The number of carbonyl (C=O) groups excluding carboxylic acids is 2. The largest absolute Gasteiger partial charge is 0.407 e. The topological polar surface area (TPSA) is 57.0 Å². The predicted octanol–water partition coefficient (Wildman–Crippen LogP) is 5.24.